The predicted octanol–water partition coefficient (Wildman–Crippen LogP) is 2.63. The molecule has 2 rings (SSSR count). The zero-order valence-corrected chi connectivity index (χ0v) is 13.3. The number of amides is 1. The molecule has 0 aromatic heterocycles. The molecule has 1 aromatic carbocycles. The number of thioether (sulfide) groups is 1. The molecule has 1 aromatic rings. The summed E-state index contributed by atoms with van der Waals surface area (Å²) in [5, 5.41) is 6.15. The third-order valence-electron chi connectivity index (χ3n) is 2.64. The van der Waals surface area contributed by atoms with Crippen LogP contribution in [-0.4, -0.2) is 27.9 Å². The number of carbonyl (C=O) groups excluding carboxylic acids is 2. The minimum Gasteiger partial charge on any atom is -0.352 e. The number of halogens is 2. The lowest BCUT2D eigenvalue weighted by molar-refractivity contribution is -0.111. The van der Waals surface area contributed by atoms with Crippen molar-refractivity contribution in [2.75, 3.05) is 5.75 Å². The molecule has 1 aliphatic heterocycles. The Morgan fingerprint density at radius 3 is 2.75 bits per heavy atom. The van der Waals surface area contributed by atoms with Gasteiger partial charge in [-0.2, -0.15) is 0 Å². The standard InChI is InChI=1S/C12H10Cl2N2O2S2/c13-6-1-2-7(8(14)5-6)10(17)16-12(19)15-9-3-4-20-11(9)18/h1-2,5,9H,3-4H2,(H2,15,16,17,19). The smallest absolute Gasteiger partial charge is 0.258 e. The average Bonchev–Trinajstić information content (AvgIpc) is 2.74. The highest BCUT2D eigenvalue weighted by Crippen LogP contribution is 2.21. The largest absolute Gasteiger partial charge is 0.352 e. The first-order valence-corrected chi connectivity index (χ1v) is 7.86. The van der Waals surface area contributed by atoms with E-state index in [2.05, 4.69) is 10.6 Å². The molecule has 106 valence electrons. The van der Waals surface area contributed by atoms with Crippen LogP contribution in [0.2, 0.25) is 10.0 Å². The van der Waals surface area contributed by atoms with Gasteiger partial charge < -0.3 is 5.32 Å². The van der Waals surface area contributed by atoms with Gasteiger partial charge in [0.05, 0.1) is 16.6 Å². The third kappa shape index (κ3) is 3.85. The van der Waals surface area contributed by atoms with Crippen LogP contribution in [0.1, 0.15) is 16.8 Å². The fourth-order valence-corrected chi connectivity index (χ4v) is 3.33. The van der Waals surface area contributed by atoms with E-state index in [1.807, 2.05) is 0 Å². The van der Waals surface area contributed by atoms with Crippen molar-refractivity contribution in [2.24, 2.45) is 0 Å². The summed E-state index contributed by atoms with van der Waals surface area (Å²) >= 11 is 18.0. The van der Waals surface area contributed by atoms with Crippen molar-refractivity contribution in [3.8, 4) is 0 Å². The molecular weight excluding hydrogens is 339 g/mol. The van der Waals surface area contributed by atoms with Crippen molar-refractivity contribution in [3.63, 3.8) is 0 Å². The molecule has 0 aliphatic carbocycles. The predicted molar refractivity (Wildman–Crippen MR) is 85.5 cm³/mol. The van der Waals surface area contributed by atoms with Crippen molar-refractivity contribution in [3.05, 3.63) is 33.8 Å². The normalized spacial score (nSPS) is 17.9. The number of rotatable bonds is 2. The zero-order valence-electron chi connectivity index (χ0n) is 10.1. The topological polar surface area (TPSA) is 58.2 Å². The second-order valence-electron chi connectivity index (χ2n) is 4.06. The van der Waals surface area contributed by atoms with Crippen molar-refractivity contribution in [1.82, 2.24) is 10.6 Å². The molecule has 0 bridgehead atoms. The number of hydrogen-bond acceptors (Lipinski definition) is 4. The number of nitrogens with one attached hydrogen (secondary N) is 2. The fraction of sp³-hybridized carbons (Fsp3) is 0.250. The van der Waals surface area contributed by atoms with Gasteiger partial charge in [0, 0.05) is 10.8 Å². The van der Waals surface area contributed by atoms with Crippen LogP contribution >= 0.6 is 47.2 Å². The van der Waals surface area contributed by atoms with Gasteiger partial charge in [0.2, 0.25) is 5.12 Å². The molecule has 1 saturated heterocycles. The van der Waals surface area contributed by atoms with Gasteiger partial charge in [-0.05, 0) is 36.8 Å². The Morgan fingerprint density at radius 1 is 1.40 bits per heavy atom. The minimum atomic E-state index is -0.442. The van der Waals surface area contributed by atoms with Crippen LogP contribution in [0.15, 0.2) is 18.2 Å². The average molecular weight is 349 g/mol. The monoisotopic (exact) mass is 348 g/mol. The van der Waals surface area contributed by atoms with Crippen LogP contribution in [0.25, 0.3) is 0 Å². The van der Waals surface area contributed by atoms with Gasteiger partial charge in [-0.3, -0.25) is 14.9 Å². The maximum Gasteiger partial charge on any atom is 0.258 e. The van der Waals surface area contributed by atoms with E-state index in [1.54, 1.807) is 6.07 Å². The van der Waals surface area contributed by atoms with Gasteiger partial charge >= 0.3 is 0 Å². The van der Waals surface area contributed by atoms with Crippen LogP contribution in [0.4, 0.5) is 0 Å². The minimum absolute atomic E-state index is 0.0334. The summed E-state index contributed by atoms with van der Waals surface area (Å²) in [6, 6.07) is 4.22. The quantitative estimate of drug-likeness (QED) is 0.804. The first-order valence-electron chi connectivity index (χ1n) is 5.71. The molecule has 4 nitrogen and oxygen atoms in total. The molecule has 1 unspecified atom stereocenters. The number of carbonyl (C=O) groups is 2. The summed E-state index contributed by atoms with van der Waals surface area (Å²) in [6.07, 6.45) is 0.696. The summed E-state index contributed by atoms with van der Waals surface area (Å²) in [4.78, 5) is 23.4. The van der Waals surface area contributed by atoms with E-state index in [1.165, 1.54) is 23.9 Å². The van der Waals surface area contributed by atoms with Crippen LogP contribution in [0, 0.1) is 0 Å². The first kappa shape index (κ1) is 15.6. The third-order valence-corrected chi connectivity index (χ3v) is 4.42. The van der Waals surface area contributed by atoms with E-state index in [0.717, 1.165) is 5.75 Å². The molecule has 1 amide bonds. The summed E-state index contributed by atoms with van der Waals surface area (Å²) in [5.41, 5.74) is 0.271. The molecule has 1 fully saturated rings. The highest BCUT2D eigenvalue weighted by Gasteiger charge is 2.26. The Bertz CT molecular complexity index is 581. The molecule has 8 heteroatoms. The molecule has 1 heterocycles. The van der Waals surface area contributed by atoms with Crippen LogP contribution in [-0.2, 0) is 4.79 Å². The lowest BCUT2D eigenvalue weighted by Crippen LogP contribution is -2.45. The second kappa shape index (κ2) is 6.76. The van der Waals surface area contributed by atoms with Gasteiger partial charge in [0.25, 0.3) is 5.91 Å². The Hall–Kier alpha value is -0.820. The maximum absolute atomic E-state index is 12.0. The van der Waals surface area contributed by atoms with Gasteiger partial charge in [-0.15, -0.1) is 0 Å². The van der Waals surface area contributed by atoms with Crippen molar-refractivity contribution in [2.45, 2.75) is 12.5 Å². The van der Waals surface area contributed by atoms with Gasteiger partial charge in [0.15, 0.2) is 5.11 Å². The second-order valence-corrected chi connectivity index (χ2v) is 6.41. The summed E-state index contributed by atoms with van der Waals surface area (Å²) < 4.78 is 0. The van der Waals surface area contributed by atoms with E-state index in [9.17, 15) is 9.59 Å². The summed E-state index contributed by atoms with van der Waals surface area (Å²) in [6.45, 7) is 0. The molecule has 20 heavy (non-hydrogen) atoms. The number of thiocarbonyl (C=S) groups is 1. The van der Waals surface area contributed by atoms with Gasteiger partial charge in [0.1, 0.15) is 0 Å². The number of hydrogen-bond donors (Lipinski definition) is 2. The highest BCUT2D eigenvalue weighted by atomic mass is 35.5. The first-order chi connectivity index (χ1) is 9.47. The Balaban J connectivity index is 1.97. The molecule has 2 N–H and O–H groups in total. The highest BCUT2D eigenvalue weighted by molar-refractivity contribution is 8.14. The molecule has 0 radical (unpaired) electrons. The van der Waals surface area contributed by atoms with Crippen molar-refractivity contribution >= 4 is 63.3 Å². The number of benzene rings is 1. The molecule has 0 spiro atoms. The maximum atomic E-state index is 12.0. The Kier molecular flexibility index (Phi) is 5.26. The SMILES string of the molecule is O=C(NC(=S)NC1CCSC1=O)c1ccc(Cl)cc1Cl. The van der Waals surface area contributed by atoms with Crippen LogP contribution in [0.5, 0.6) is 0 Å². The van der Waals surface area contributed by atoms with E-state index >= 15 is 0 Å². The van der Waals surface area contributed by atoms with Gasteiger partial charge in [-0.1, -0.05) is 35.0 Å². The Labute approximate surface area is 135 Å². The molecule has 1 atom stereocenters. The van der Waals surface area contributed by atoms with Crippen LogP contribution < -0.4 is 10.6 Å². The summed E-state index contributed by atoms with van der Waals surface area (Å²) in [5.74, 6) is 0.318. The van der Waals surface area contributed by atoms with E-state index in [-0.39, 0.29) is 26.9 Å². The zero-order chi connectivity index (χ0) is 14.7. The van der Waals surface area contributed by atoms with Gasteiger partial charge in [-0.25, -0.2) is 0 Å². The molecular formula is C12H10Cl2N2O2S2. The lowest BCUT2D eigenvalue weighted by atomic mass is 10.2. The Morgan fingerprint density at radius 2 is 2.15 bits per heavy atom. The van der Waals surface area contributed by atoms with Crippen molar-refractivity contribution < 1.29 is 9.59 Å². The van der Waals surface area contributed by atoms with Crippen molar-refractivity contribution in [1.29, 1.82) is 0 Å². The summed E-state index contributed by atoms with van der Waals surface area (Å²) in [7, 11) is 0. The molecule has 0 saturated carbocycles. The molecule has 1 aliphatic rings. The van der Waals surface area contributed by atoms with E-state index in [4.69, 9.17) is 35.4 Å². The lowest BCUT2D eigenvalue weighted by Gasteiger charge is -2.13. The fourth-order valence-electron chi connectivity index (χ4n) is 1.67. The van der Waals surface area contributed by atoms with E-state index < -0.39 is 5.91 Å². The van der Waals surface area contributed by atoms with E-state index in [0.29, 0.717) is 11.4 Å². The van der Waals surface area contributed by atoms with Crippen LogP contribution in [0.3, 0.4) is 0 Å².